The summed E-state index contributed by atoms with van der Waals surface area (Å²) >= 11 is 4.09. The molecule has 0 rings (SSSR count). The predicted molar refractivity (Wildman–Crippen MR) is 39.9 cm³/mol. The molecular weight excluding hydrogens is 140 g/mol. The number of thiocarbonyl (C=S) groups is 1. The van der Waals surface area contributed by atoms with Crippen LogP contribution in [0.25, 0.3) is 0 Å². The third kappa shape index (κ3) is 92.4. The summed E-state index contributed by atoms with van der Waals surface area (Å²) < 4.78 is 4.44. The van der Waals surface area contributed by atoms with Gasteiger partial charge in [-0.05, 0) is 12.2 Å². The Bertz CT molecular complexity index is 63.6. The van der Waals surface area contributed by atoms with Crippen LogP contribution in [-0.4, -0.2) is 30.5 Å². The molecule has 0 atom stereocenters. The van der Waals surface area contributed by atoms with Crippen LogP contribution in [0.3, 0.4) is 0 Å². The molecule has 4 nitrogen and oxygen atoms in total. The predicted octanol–water partition coefficient (Wildman–Crippen LogP) is -1.19. The smallest absolute Gasteiger partial charge is 0.160 e. The van der Waals surface area contributed by atoms with Crippen molar-refractivity contribution in [2.24, 2.45) is 11.5 Å². The maximum absolute atomic E-state index is 7.94. The summed E-state index contributed by atoms with van der Waals surface area (Å²) in [6.07, 6.45) is 0. The van der Waals surface area contributed by atoms with Crippen molar-refractivity contribution < 1.29 is 9.84 Å². The summed E-state index contributed by atoms with van der Waals surface area (Å²) in [6.45, 7) is 0.566. The first kappa shape index (κ1) is 11.4. The molecule has 0 aliphatic carbocycles. The van der Waals surface area contributed by atoms with Crippen molar-refractivity contribution in [3.05, 3.63) is 0 Å². The van der Waals surface area contributed by atoms with Crippen molar-refractivity contribution in [3.63, 3.8) is 0 Å². The maximum Gasteiger partial charge on any atom is 0.160 e. The maximum atomic E-state index is 7.94. The van der Waals surface area contributed by atoms with Gasteiger partial charge in [-0.3, -0.25) is 0 Å². The Morgan fingerprint density at radius 3 is 2.00 bits per heavy atom. The fourth-order valence-electron chi connectivity index (χ4n) is 0.0913. The normalized spacial score (nSPS) is 7.33. The summed E-state index contributed by atoms with van der Waals surface area (Å²) in [4.78, 5) is 0. The van der Waals surface area contributed by atoms with E-state index in [2.05, 4.69) is 28.4 Å². The molecule has 0 aliphatic heterocycles. The lowest BCUT2D eigenvalue weighted by atomic mass is 10.8. The largest absolute Gasteiger partial charge is 0.394 e. The second-order valence-corrected chi connectivity index (χ2v) is 1.59. The zero-order valence-corrected chi connectivity index (χ0v) is 6.15. The lowest BCUT2D eigenvalue weighted by Gasteiger charge is -1.84. The number of ether oxygens (including phenoxy) is 1. The highest BCUT2D eigenvalue weighted by Crippen LogP contribution is 1.56. The molecule has 0 fully saturated rings. The van der Waals surface area contributed by atoms with Crippen LogP contribution in [-0.2, 0) is 4.74 Å². The summed E-state index contributed by atoms with van der Waals surface area (Å²) in [5.74, 6) is 0. The molecule has 0 aromatic heterocycles. The standard InChI is InChI=1S/C3H8O2.CH4N2S/c1-5-3-2-4;2-1(3)4/h4H,2-3H2,1H3;(H4,2,3,4). The minimum Gasteiger partial charge on any atom is -0.394 e. The minimum atomic E-state index is 0.000000000000000222. The molecule has 0 spiro atoms. The van der Waals surface area contributed by atoms with Gasteiger partial charge in [0.25, 0.3) is 0 Å². The van der Waals surface area contributed by atoms with E-state index in [4.69, 9.17) is 5.11 Å². The van der Waals surface area contributed by atoms with Crippen molar-refractivity contribution in [1.82, 2.24) is 0 Å². The van der Waals surface area contributed by atoms with Gasteiger partial charge in [-0.1, -0.05) is 0 Å². The second-order valence-electron chi connectivity index (χ2n) is 1.12. The number of aliphatic hydroxyl groups excluding tert-OH is 1. The number of methoxy groups -OCH3 is 1. The van der Waals surface area contributed by atoms with Gasteiger partial charge in [-0.25, -0.2) is 0 Å². The highest BCUT2D eigenvalue weighted by molar-refractivity contribution is 7.80. The van der Waals surface area contributed by atoms with E-state index >= 15 is 0 Å². The molecular formula is C4H12N2O2S. The highest BCUT2D eigenvalue weighted by atomic mass is 32.1. The SMILES string of the molecule is COCCO.NC(N)=S. The van der Waals surface area contributed by atoms with Gasteiger partial charge < -0.3 is 21.3 Å². The van der Waals surface area contributed by atoms with Crippen LogP contribution >= 0.6 is 12.2 Å². The molecule has 9 heavy (non-hydrogen) atoms. The fourth-order valence-corrected chi connectivity index (χ4v) is 0.0913. The van der Waals surface area contributed by atoms with Crippen LogP contribution in [0.5, 0.6) is 0 Å². The first-order valence-corrected chi connectivity index (χ1v) is 2.70. The molecule has 0 aromatic rings. The molecule has 0 amide bonds. The average Bonchev–Trinajstić information content (AvgIpc) is 1.66. The van der Waals surface area contributed by atoms with Crippen molar-refractivity contribution in [2.75, 3.05) is 20.3 Å². The Kier molecular flexibility index (Phi) is 13.4. The van der Waals surface area contributed by atoms with Crippen LogP contribution in [0.4, 0.5) is 0 Å². The minimum absolute atomic E-state index is 0.000000000000000222. The van der Waals surface area contributed by atoms with Crippen molar-refractivity contribution in [3.8, 4) is 0 Å². The summed E-state index contributed by atoms with van der Waals surface area (Å²) in [6, 6.07) is 0. The van der Waals surface area contributed by atoms with Gasteiger partial charge in [0, 0.05) is 7.11 Å². The molecule has 56 valence electrons. The Morgan fingerprint density at radius 1 is 1.67 bits per heavy atom. The van der Waals surface area contributed by atoms with Gasteiger partial charge >= 0.3 is 0 Å². The topological polar surface area (TPSA) is 81.5 Å². The molecule has 0 saturated heterocycles. The molecule has 0 saturated carbocycles. The number of hydrogen-bond acceptors (Lipinski definition) is 3. The molecule has 5 N–H and O–H groups in total. The van der Waals surface area contributed by atoms with Gasteiger partial charge in [0.15, 0.2) is 5.11 Å². The van der Waals surface area contributed by atoms with Crippen LogP contribution in [0.2, 0.25) is 0 Å². The van der Waals surface area contributed by atoms with E-state index in [0.29, 0.717) is 6.61 Å². The van der Waals surface area contributed by atoms with Crippen molar-refractivity contribution in [2.45, 2.75) is 0 Å². The highest BCUT2D eigenvalue weighted by Gasteiger charge is 1.67. The van der Waals surface area contributed by atoms with Crippen LogP contribution in [0.15, 0.2) is 0 Å². The van der Waals surface area contributed by atoms with Gasteiger partial charge in [0.1, 0.15) is 0 Å². The summed E-state index contributed by atoms with van der Waals surface area (Å²) in [7, 11) is 1.55. The quantitative estimate of drug-likeness (QED) is 0.434. The lowest BCUT2D eigenvalue weighted by molar-refractivity contribution is 0.135. The molecule has 5 heteroatoms. The van der Waals surface area contributed by atoms with E-state index in [1.807, 2.05) is 0 Å². The monoisotopic (exact) mass is 152 g/mol. The molecule has 0 bridgehead atoms. The summed E-state index contributed by atoms with van der Waals surface area (Å²) in [5.41, 5.74) is 9.24. The average molecular weight is 152 g/mol. The third-order valence-corrected chi connectivity index (χ3v) is 0.295. The van der Waals surface area contributed by atoms with E-state index < -0.39 is 0 Å². The van der Waals surface area contributed by atoms with Gasteiger partial charge in [0.2, 0.25) is 0 Å². The Balaban J connectivity index is 0. The summed E-state index contributed by atoms with van der Waals surface area (Å²) in [5, 5.41) is 7.94. The van der Waals surface area contributed by atoms with Gasteiger partial charge in [-0.2, -0.15) is 0 Å². The fraction of sp³-hybridized carbons (Fsp3) is 0.750. The Labute approximate surface area is 59.8 Å². The second kappa shape index (κ2) is 10.6. The third-order valence-electron chi connectivity index (χ3n) is 0.295. The van der Waals surface area contributed by atoms with E-state index in [1.54, 1.807) is 7.11 Å². The van der Waals surface area contributed by atoms with Crippen molar-refractivity contribution in [1.29, 1.82) is 0 Å². The van der Waals surface area contributed by atoms with E-state index in [9.17, 15) is 0 Å². The Hall–Kier alpha value is -0.390. The number of nitrogens with two attached hydrogens (primary N) is 2. The molecule has 0 aromatic carbocycles. The van der Waals surface area contributed by atoms with Crippen LogP contribution in [0, 0.1) is 0 Å². The zero-order valence-electron chi connectivity index (χ0n) is 5.33. The number of rotatable bonds is 2. The Morgan fingerprint density at radius 2 is 2.00 bits per heavy atom. The molecule has 0 radical (unpaired) electrons. The zero-order chi connectivity index (χ0) is 7.70. The first-order valence-electron chi connectivity index (χ1n) is 2.29. The molecule has 0 aliphatic rings. The van der Waals surface area contributed by atoms with Gasteiger partial charge in [-0.15, -0.1) is 0 Å². The lowest BCUT2D eigenvalue weighted by Crippen LogP contribution is -2.18. The van der Waals surface area contributed by atoms with Crippen LogP contribution in [0.1, 0.15) is 0 Å². The van der Waals surface area contributed by atoms with Crippen LogP contribution < -0.4 is 11.5 Å². The number of hydrogen-bond donors (Lipinski definition) is 3. The molecule has 0 heterocycles. The van der Waals surface area contributed by atoms with E-state index in [0.717, 1.165) is 0 Å². The number of aliphatic hydroxyl groups is 1. The van der Waals surface area contributed by atoms with E-state index in [-0.39, 0.29) is 11.7 Å². The van der Waals surface area contributed by atoms with Crippen molar-refractivity contribution >= 4 is 17.3 Å². The van der Waals surface area contributed by atoms with Gasteiger partial charge in [0.05, 0.1) is 13.2 Å². The van der Waals surface area contributed by atoms with E-state index in [1.165, 1.54) is 0 Å². The first-order chi connectivity index (χ1) is 4.15. The molecule has 0 unspecified atom stereocenters.